The number of nitrogen functional groups attached to an aromatic ring is 1. The summed E-state index contributed by atoms with van der Waals surface area (Å²) in [5.74, 6) is 0.471. The Hall–Kier alpha value is -1.23. The Morgan fingerprint density at radius 1 is 1.67 bits per heavy atom. The maximum absolute atomic E-state index is 11.5. The molecule has 4 nitrogen and oxygen atoms in total. The fourth-order valence-electron chi connectivity index (χ4n) is 0.940. The van der Waals surface area contributed by atoms with Gasteiger partial charge in [0.25, 0.3) is 0 Å². The van der Waals surface area contributed by atoms with Crippen molar-refractivity contribution in [2.75, 3.05) is 25.1 Å². The Morgan fingerprint density at radius 2 is 2.40 bits per heavy atom. The molecule has 82 valence electrons. The highest BCUT2D eigenvalue weighted by atomic mass is 32.2. The molecule has 0 saturated carbocycles. The standard InChI is InChI=1S/C10H15N3OS/c1-3-13(2)9(14)7-15-10-8(11)5-4-6-12-10/h4-6H,3,7,11H2,1-2H3. The number of carbonyl (C=O) groups excluding carboxylic acids is 1. The zero-order chi connectivity index (χ0) is 11.3. The number of thioether (sulfide) groups is 1. The van der Waals surface area contributed by atoms with E-state index in [2.05, 4.69) is 4.98 Å². The van der Waals surface area contributed by atoms with Crippen LogP contribution in [0.4, 0.5) is 5.69 Å². The molecule has 0 fully saturated rings. The van der Waals surface area contributed by atoms with Gasteiger partial charge >= 0.3 is 0 Å². The first-order valence-electron chi connectivity index (χ1n) is 4.72. The van der Waals surface area contributed by atoms with E-state index in [1.165, 1.54) is 11.8 Å². The molecule has 0 spiro atoms. The molecule has 0 aliphatic rings. The highest BCUT2D eigenvalue weighted by Gasteiger charge is 2.08. The lowest BCUT2D eigenvalue weighted by Gasteiger charge is -2.13. The van der Waals surface area contributed by atoms with Gasteiger partial charge in [0.1, 0.15) is 5.03 Å². The summed E-state index contributed by atoms with van der Waals surface area (Å²) in [5.41, 5.74) is 6.33. The minimum absolute atomic E-state index is 0.0903. The molecule has 0 radical (unpaired) electrons. The largest absolute Gasteiger partial charge is 0.397 e. The fourth-order valence-corrected chi connectivity index (χ4v) is 1.79. The van der Waals surface area contributed by atoms with Crippen molar-refractivity contribution in [3.8, 4) is 0 Å². The number of rotatable bonds is 4. The summed E-state index contributed by atoms with van der Waals surface area (Å²) in [6.45, 7) is 2.66. The summed E-state index contributed by atoms with van der Waals surface area (Å²) >= 11 is 1.37. The first-order chi connectivity index (χ1) is 7.15. The van der Waals surface area contributed by atoms with Crippen LogP contribution in [0.1, 0.15) is 6.92 Å². The lowest BCUT2D eigenvalue weighted by molar-refractivity contribution is -0.126. The van der Waals surface area contributed by atoms with Gasteiger partial charge in [-0.25, -0.2) is 4.98 Å². The maximum Gasteiger partial charge on any atom is 0.232 e. The fraction of sp³-hybridized carbons (Fsp3) is 0.400. The van der Waals surface area contributed by atoms with Gasteiger partial charge in [-0.3, -0.25) is 4.79 Å². The van der Waals surface area contributed by atoms with Crippen LogP contribution in [0.5, 0.6) is 0 Å². The number of aromatic nitrogens is 1. The van der Waals surface area contributed by atoms with E-state index in [-0.39, 0.29) is 5.91 Å². The number of pyridine rings is 1. The molecule has 5 heteroatoms. The van der Waals surface area contributed by atoms with Gasteiger partial charge in [0.15, 0.2) is 0 Å². The van der Waals surface area contributed by atoms with Crippen molar-refractivity contribution < 1.29 is 4.79 Å². The maximum atomic E-state index is 11.5. The van der Waals surface area contributed by atoms with Crippen molar-refractivity contribution in [1.29, 1.82) is 0 Å². The molecule has 0 unspecified atom stereocenters. The van der Waals surface area contributed by atoms with E-state index in [1.54, 1.807) is 30.3 Å². The van der Waals surface area contributed by atoms with Gasteiger partial charge in [-0.05, 0) is 19.1 Å². The molecule has 0 aliphatic heterocycles. The molecule has 15 heavy (non-hydrogen) atoms. The molecule has 1 aromatic heterocycles. The van der Waals surface area contributed by atoms with E-state index >= 15 is 0 Å². The number of amides is 1. The van der Waals surface area contributed by atoms with Crippen LogP contribution in [0.15, 0.2) is 23.4 Å². The topological polar surface area (TPSA) is 59.2 Å². The smallest absolute Gasteiger partial charge is 0.232 e. The van der Waals surface area contributed by atoms with Crippen molar-refractivity contribution in [2.24, 2.45) is 0 Å². The predicted molar refractivity (Wildman–Crippen MR) is 62.7 cm³/mol. The quantitative estimate of drug-likeness (QED) is 0.783. The SMILES string of the molecule is CCN(C)C(=O)CSc1ncccc1N. The van der Waals surface area contributed by atoms with E-state index in [1.807, 2.05) is 6.92 Å². The molecule has 0 aromatic carbocycles. The van der Waals surface area contributed by atoms with E-state index < -0.39 is 0 Å². The summed E-state index contributed by atoms with van der Waals surface area (Å²) in [6, 6.07) is 3.56. The predicted octanol–water partition coefficient (Wildman–Crippen LogP) is 1.23. The Balaban J connectivity index is 2.51. The van der Waals surface area contributed by atoms with E-state index in [0.29, 0.717) is 11.4 Å². The van der Waals surface area contributed by atoms with Crippen LogP contribution < -0.4 is 5.73 Å². The van der Waals surface area contributed by atoms with Gasteiger partial charge < -0.3 is 10.6 Å². The Labute approximate surface area is 93.9 Å². The third-order valence-corrected chi connectivity index (χ3v) is 3.04. The molecule has 1 amide bonds. The molecule has 1 rings (SSSR count). The van der Waals surface area contributed by atoms with Crippen LogP contribution in [0, 0.1) is 0 Å². The monoisotopic (exact) mass is 225 g/mol. The van der Waals surface area contributed by atoms with Gasteiger partial charge in [-0.2, -0.15) is 0 Å². The number of nitrogens with zero attached hydrogens (tertiary/aromatic N) is 2. The Bertz CT molecular complexity index is 343. The first-order valence-corrected chi connectivity index (χ1v) is 5.71. The Morgan fingerprint density at radius 3 is 3.00 bits per heavy atom. The Kier molecular flexibility index (Phi) is 4.42. The van der Waals surface area contributed by atoms with Crippen LogP contribution in [0.25, 0.3) is 0 Å². The van der Waals surface area contributed by atoms with Crippen molar-refractivity contribution >= 4 is 23.4 Å². The van der Waals surface area contributed by atoms with E-state index in [9.17, 15) is 4.79 Å². The molecule has 2 N–H and O–H groups in total. The third-order valence-electron chi connectivity index (χ3n) is 2.03. The summed E-state index contributed by atoms with van der Waals surface area (Å²) in [7, 11) is 1.78. The molecular weight excluding hydrogens is 210 g/mol. The summed E-state index contributed by atoms with van der Waals surface area (Å²) in [6.07, 6.45) is 1.67. The average Bonchev–Trinajstić information content (AvgIpc) is 2.26. The number of hydrogen-bond acceptors (Lipinski definition) is 4. The van der Waals surface area contributed by atoms with Crippen molar-refractivity contribution in [3.63, 3.8) is 0 Å². The third kappa shape index (κ3) is 3.43. The zero-order valence-corrected chi connectivity index (χ0v) is 9.75. The average molecular weight is 225 g/mol. The van der Waals surface area contributed by atoms with E-state index in [0.717, 1.165) is 11.6 Å². The van der Waals surface area contributed by atoms with Crippen LogP contribution in [0.3, 0.4) is 0 Å². The second-order valence-corrected chi connectivity index (χ2v) is 4.06. The van der Waals surface area contributed by atoms with Crippen LogP contribution in [-0.4, -0.2) is 35.1 Å². The van der Waals surface area contributed by atoms with Gasteiger partial charge in [0.05, 0.1) is 11.4 Å². The number of carbonyl (C=O) groups is 1. The normalized spacial score (nSPS) is 10.0. The van der Waals surface area contributed by atoms with Gasteiger partial charge in [-0.1, -0.05) is 11.8 Å². The van der Waals surface area contributed by atoms with Crippen molar-refractivity contribution in [1.82, 2.24) is 9.88 Å². The molecule has 0 aliphatic carbocycles. The lowest BCUT2D eigenvalue weighted by atomic mass is 10.4. The van der Waals surface area contributed by atoms with E-state index in [4.69, 9.17) is 5.73 Å². The second-order valence-electron chi connectivity index (χ2n) is 3.09. The summed E-state index contributed by atoms with van der Waals surface area (Å²) in [4.78, 5) is 17.3. The molecule has 0 saturated heterocycles. The minimum atomic E-state index is 0.0903. The van der Waals surface area contributed by atoms with Gasteiger partial charge in [0, 0.05) is 19.8 Å². The zero-order valence-electron chi connectivity index (χ0n) is 8.93. The number of anilines is 1. The van der Waals surface area contributed by atoms with Crippen LogP contribution in [0.2, 0.25) is 0 Å². The van der Waals surface area contributed by atoms with Crippen molar-refractivity contribution in [2.45, 2.75) is 11.9 Å². The highest BCUT2D eigenvalue weighted by Crippen LogP contribution is 2.21. The van der Waals surface area contributed by atoms with Crippen LogP contribution in [-0.2, 0) is 4.79 Å². The molecule has 0 bridgehead atoms. The molecular formula is C10H15N3OS. The molecule has 0 atom stereocenters. The number of nitrogens with two attached hydrogens (primary N) is 1. The van der Waals surface area contributed by atoms with Gasteiger partial charge in [-0.15, -0.1) is 0 Å². The number of hydrogen-bond donors (Lipinski definition) is 1. The highest BCUT2D eigenvalue weighted by molar-refractivity contribution is 8.00. The summed E-state index contributed by atoms with van der Waals surface area (Å²) in [5, 5.41) is 0.718. The van der Waals surface area contributed by atoms with Crippen molar-refractivity contribution in [3.05, 3.63) is 18.3 Å². The molecule has 1 heterocycles. The lowest BCUT2D eigenvalue weighted by Crippen LogP contribution is -2.27. The van der Waals surface area contributed by atoms with Gasteiger partial charge in [0.2, 0.25) is 5.91 Å². The summed E-state index contributed by atoms with van der Waals surface area (Å²) < 4.78 is 0. The minimum Gasteiger partial charge on any atom is -0.397 e. The molecule has 1 aromatic rings. The first kappa shape index (κ1) is 11.8. The second kappa shape index (κ2) is 5.60. The van der Waals surface area contributed by atoms with Crippen LogP contribution >= 0.6 is 11.8 Å².